The fourth-order valence-electron chi connectivity index (χ4n) is 3.73. The summed E-state index contributed by atoms with van der Waals surface area (Å²) >= 11 is 12.0. The summed E-state index contributed by atoms with van der Waals surface area (Å²) in [7, 11) is -1.52. The van der Waals surface area contributed by atoms with Gasteiger partial charge in [-0.15, -0.1) is 11.6 Å². The molecule has 0 saturated heterocycles. The molecule has 9 heteroatoms. The Kier molecular flexibility index (Phi) is 10.8. The summed E-state index contributed by atoms with van der Waals surface area (Å²) in [5, 5.41) is 7.67. The third-order valence-corrected chi connectivity index (χ3v) is 7.22. The maximum absolute atomic E-state index is 14.0. The van der Waals surface area contributed by atoms with Crippen LogP contribution in [0.1, 0.15) is 25.8 Å². The minimum absolute atomic E-state index is 0.0931. The highest BCUT2D eigenvalue weighted by molar-refractivity contribution is 7.87. The van der Waals surface area contributed by atoms with Crippen molar-refractivity contribution in [3.63, 3.8) is 0 Å². The quantitative estimate of drug-likeness (QED) is 0.295. The van der Waals surface area contributed by atoms with Crippen molar-refractivity contribution in [2.75, 3.05) is 25.5 Å². The fourth-order valence-corrected chi connectivity index (χ4v) is 4.88. The molecule has 1 aliphatic heterocycles. The zero-order valence-electron chi connectivity index (χ0n) is 20.0. The Morgan fingerprint density at radius 3 is 2.80 bits per heavy atom. The number of benzene rings is 1. The van der Waals surface area contributed by atoms with Gasteiger partial charge in [0, 0.05) is 54.6 Å². The van der Waals surface area contributed by atoms with Crippen molar-refractivity contribution in [2.24, 2.45) is 5.10 Å². The maximum atomic E-state index is 14.0. The van der Waals surface area contributed by atoms with Crippen molar-refractivity contribution in [1.82, 2.24) is 14.6 Å². The van der Waals surface area contributed by atoms with Gasteiger partial charge in [-0.3, -0.25) is 5.01 Å². The SMILES string of the molecule is CCN(CC)C1=NN(CC/C(Cl)=C\C=C/CCl)C2C=CC(S(=O)NCc3ccccc3F)=CC1=C2. The predicted molar refractivity (Wildman–Crippen MR) is 146 cm³/mol. The summed E-state index contributed by atoms with van der Waals surface area (Å²) < 4.78 is 30.0. The number of hydrogen-bond acceptors (Lipinski definition) is 4. The molecule has 0 fully saturated rings. The molecule has 0 radical (unpaired) electrons. The topological polar surface area (TPSA) is 47.9 Å². The highest BCUT2D eigenvalue weighted by atomic mass is 35.5. The van der Waals surface area contributed by atoms with Crippen LogP contribution in [0.3, 0.4) is 0 Å². The Balaban J connectivity index is 1.79. The van der Waals surface area contributed by atoms with E-state index in [1.165, 1.54) is 6.07 Å². The van der Waals surface area contributed by atoms with Crippen molar-refractivity contribution in [3.05, 3.63) is 93.7 Å². The molecule has 1 heterocycles. The van der Waals surface area contributed by atoms with Crippen LogP contribution in [0.25, 0.3) is 0 Å². The standard InChI is InChI=1S/C26H31Cl2FN4OS/c1-3-32(4-2)26-21-17-23(33(31-26)16-14-22(28)10-7-8-15-27)12-13-24(18-21)35(34)30-19-20-9-5-6-11-25(20)29/h5-13,17-18,23,30H,3-4,14-16,19H2,1-2H3/b8-7-,22-10+. The first-order valence-electron chi connectivity index (χ1n) is 11.6. The number of allylic oxidation sites excluding steroid dienone is 4. The highest BCUT2D eigenvalue weighted by Gasteiger charge is 2.26. The van der Waals surface area contributed by atoms with E-state index < -0.39 is 11.0 Å². The number of alkyl halides is 1. The summed E-state index contributed by atoms with van der Waals surface area (Å²) in [5.74, 6) is 0.954. The third kappa shape index (κ3) is 7.64. The molecular weight excluding hydrogens is 506 g/mol. The molecule has 3 rings (SSSR count). The number of rotatable bonds is 11. The van der Waals surface area contributed by atoms with Gasteiger partial charge in [-0.1, -0.05) is 48.0 Å². The molecule has 1 aliphatic carbocycles. The van der Waals surface area contributed by atoms with E-state index in [0.717, 1.165) is 29.5 Å². The minimum Gasteiger partial charge on any atom is -0.355 e. The third-order valence-electron chi connectivity index (χ3n) is 5.64. The van der Waals surface area contributed by atoms with Crippen LogP contribution in [0.5, 0.6) is 0 Å². The Morgan fingerprint density at radius 1 is 1.31 bits per heavy atom. The first-order chi connectivity index (χ1) is 17.0. The average molecular weight is 538 g/mol. The van der Waals surface area contributed by atoms with E-state index in [0.29, 0.717) is 29.3 Å². The van der Waals surface area contributed by atoms with Gasteiger partial charge in [0.1, 0.15) is 16.8 Å². The number of hydrogen-bond donors (Lipinski definition) is 1. The van der Waals surface area contributed by atoms with Crippen molar-refractivity contribution in [1.29, 1.82) is 0 Å². The molecule has 0 amide bonds. The van der Waals surface area contributed by atoms with Gasteiger partial charge in [0.25, 0.3) is 0 Å². The second-order valence-electron chi connectivity index (χ2n) is 7.90. The molecule has 0 spiro atoms. The normalized spacial score (nSPS) is 18.8. The Hall–Kier alpha value is -2.19. The molecule has 2 aliphatic rings. The Bertz CT molecular complexity index is 1090. The zero-order chi connectivity index (χ0) is 25.2. The molecule has 1 N–H and O–H groups in total. The largest absolute Gasteiger partial charge is 0.355 e. The van der Waals surface area contributed by atoms with Gasteiger partial charge in [0.05, 0.1) is 10.9 Å². The molecule has 1 aromatic rings. The highest BCUT2D eigenvalue weighted by Crippen LogP contribution is 2.25. The number of likely N-dealkylation sites (N-methyl/N-ethyl adjacent to an activating group) is 1. The fraction of sp³-hybridized carbons (Fsp3) is 0.346. The maximum Gasteiger partial charge on any atom is 0.155 e. The van der Waals surface area contributed by atoms with Crippen LogP contribution in [-0.2, 0) is 17.5 Å². The van der Waals surface area contributed by atoms with Gasteiger partial charge in [0.2, 0.25) is 0 Å². The van der Waals surface area contributed by atoms with Gasteiger partial charge in [-0.25, -0.2) is 13.3 Å². The van der Waals surface area contributed by atoms with E-state index in [1.807, 2.05) is 41.5 Å². The predicted octanol–water partition coefficient (Wildman–Crippen LogP) is 5.61. The number of halogens is 3. The van der Waals surface area contributed by atoms with Crippen LogP contribution < -0.4 is 4.72 Å². The first kappa shape index (κ1) is 27.4. The van der Waals surface area contributed by atoms with Gasteiger partial charge in [-0.05, 0) is 44.2 Å². The van der Waals surface area contributed by atoms with Gasteiger partial charge in [0.15, 0.2) is 5.84 Å². The van der Waals surface area contributed by atoms with Crippen LogP contribution in [0.15, 0.2) is 87.4 Å². The van der Waals surface area contributed by atoms with Gasteiger partial charge < -0.3 is 4.90 Å². The van der Waals surface area contributed by atoms with E-state index in [9.17, 15) is 8.60 Å². The van der Waals surface area contributed by atoms with Crippen molar-refractivity contribution >= 4 is 40.0 Å². The van der Waals surface area contributed by atoms with E-state index in [1.54, 1.807) is 18.2 Å². The van der Waals surface area contributed by atoms with E-state index in [2.05, 4.69) is 29.5 Å². The number of fused-ring (bicyclic) bond motifs is 1. The summed E-state index contributed by atoms with van der Waals surface area (Å²) in [6.45, 7) is 6.54. The summed E-state index contributed by atoms with van der Waals surface area (Å²) in [6, 6.07) is 6.39. The molecule has 2 bridgehead atoms. The van der Waals surface area contributed by atoms with Crippen LogP contribution in [-0.4, -0.2) is 51.5 Å². The summed E-state index contributed by atoms with van der Waals surface area (Å²) in [4.78, 5) is 2.78. The molecule has 2 unspecified atom stereocenters. The zero-order valence-corrected chi connectivity index (χ0v) is 22.3. The molecular formula is C26H31Cl2FN4OS. The lowest BCUT2D eigenvalue weighted by atomic mass is 10.1. The molecule has 1 aromatic carbocycles. The van der Waals surface area contributed by atoms with Crippen LogP contribution in [0, 0.1) is 5.82 Å². The summed E-state index contributed by atoms with van der Waals surface area (Å²) in [5.41, 5.74) is 1.39. The molecule has 0 saturated carbocycles. The average Bonchev–Trinajstić information content (AvgIpc) is 3.05. The van der Waals surface area contributed by atoms with E-state index >= 15 is 0 Å². The molecule has 188 valence electrons. The molecule has 2 atom stereocenters. The van der Waals surface area contributed by atoms with Crippen LogP contribution in [0.4, 0.5) is 4.39 Å². The number of nitrogens with zero attached hydrogens (tertiary/aromatic N) is 3. The number of amidine groups is 1. The van der Waals surface area contributed by atoms with Crippen LogP contribution in [0.2, 0.25) is 0 Å². The Morgan fingerprint density at radius 2 is 2.09 bits per heavy atom. The lowest BCUT2D eigenvalue weighted by Crippen LogP contribution is -2.40. The van der Waals surface area contributed by atoms with Crippen molar-refractivity contribution in [2.45, 2.75) is 32.9 Å². The minimum atomic E-state index is -1.52. The summed E-state index contributed by atoms with van der Waals surface area (Å²) in [6.07, 6.45) is 14.0. The van der Waals surface area contributed by atoms with E-state index in [4.69, 9.17) is 28.3 Å². The van der Waals surface area contributed by atoms with E-state index in [-0.39, 0.29) is 18.4 Å². The monoisotopic (exact) mass is 536 g/mol. The molecule has 5 nitrogen and oxygen atoms in total. The smallest absolute Gasteiger partial charge is 0.155 e. The Labute approximate surface area is 219 Å². The second-order valence-corrected chi connectivity index (χ2v) is 10.00. The lowest BCUT2D eigenvalue weighted by molar-refractivity contribution is 0.264. The van der Waals surface area contributed by atoms with Gasteiger partial charge in [-0.2, -0.15) is 5.10 Å². The number of hydrazone groups is 1. The van der Waals surface area contributed by atoms with Crippen molar-refractivity contribution < 1.29 is 8.60 Å². The first-order valence-corrected chi connectivity index (χ1v) is 13.7. The van der Waals surface area contributed by atoms with Crippen molar-refractivity contribution in [3.8, 4) is 0 Å². The molecule has 35 heavy (non-hydrogen) atoms. The van der Waals surface area contributed by atoms with Gasteiger partial charge >= 0.3 is 0 Å². The number of nitrogens with one attached hydrogen (secondary N) is 1. The lowest BCUT2D eigenvalue weighted by Gasteiger charge is -2.34. The second kappa shape index (κ2) is 13.8. The van der Waals surface area contributed by atoms with Crippen LogP contribution >= 0.6 is 23.2 Å². The molecule has 0 aromatic heterocycles.